The second-order valence-electron chi connectivity index (χ2n) is 5.58. The number of thiazole rings is 1. The van der Waals surface area contributed by atoms with Gasteiger partial charge in [-0.25, -0.2) is 14.2 Å². The van der Waals surface area contributed by atoms with Crippen LogP contribution in [0.1, 0.15) is 17.3 Å². The van der Waals surface area contributed by atoms with Gasteiger partial charge >= 0.3 is 5.97 Å². The average Bonchev–Trinajstić information content (AvgIpc) is 3.08. The van der Waals surface area contributed by atoms with Crippen LogP contribution in [0.15, 0.2) is 60.0 Å². The van der Waals surface area contributed by atoms with Crippen molar-refractivity contribution in [3.8, 4) is 10.6 Å². The summed E-state index contributed by atoms with van der Waals surface area (Å²) in [5.41, 5.74) is 1.63. The molecule has 0 spiro atoms. The molecule has 0 aliphatic rings. The van der Waals surface area contributed by atoms with E-state index in [0.29, 0.717) is 21.8 Å². The van der Waals surface area contributed by atoms with E-state index in [1.165, 1.54) is 23.5 Å². The number of aromatic nitrogens is 1. The number of nitrogens with one attached hydrogen (secondary N) is 1. The maximum Gasteiger partial charge on any atom is 0.330 e. The van der Waals surface area contributed by atoms with Gasteiger partial charge in [-0.1, -0.05) is 42.5 Å². The molecule has 7 heteroatoms. The summed E-state index contributed by atoms with van der Waals surface area (Å²) in [4.78, 5) is 28.0. The van der Waals surface area contributed by atoms with Crippen LogP contribution >= 0.6 is 11.3 Å². The van der Waals surface area contributed by atoms with Crippen LogP contribution in [0, 0.1) is 5.82 Å². The minimum Gasteiger partial charge on any atom is -0.479 e. The van der Waals surface area contributed by atoms with Crippen molar-refractivity contribution in [2.24, 2.45) is 0 Å². The van der Waals surface area contributed by atoms with E-state index in [4.69, 9.17) is 0 Å². The molecule has 1 aromatic heterocycles. The molecule has 1 heterocycles. The van der Waals surface area contributed by atoms with Crippen LogP contribution < -0.4 is 5.32 Å². The average molecular weight is 370 g/mol. The molecule has 132 valence electrons. The smallest absolute Gasteiger partial charge is 0.330 e. The Morgan fingerprint density at radius 1 is 1.15 bits per heavy atom. The minimum absolute atomic E-state index is 0.0531. The molecule has 5 nitrogen and oxygen atoms in total. The summed E-state index contributed by atoms with van der Waals surface area (Å²) >= 11 is 1.30. The molecule has 0 saturated heterocycles. The van der Waals surface area contributed by atoms with Crippen molar-refractivity contribution >= 4 is 23.2 Å². The number of rotatable bonds is 6. The Morgan fingerprint density at radius 2 is 1.92 bits per heavy atom. The fourth-order valence-electron chi connectivity index (χ4n) is 2.45. The third-order valence-corrected chi connectivity index (χ3v) is 4.59. The summed E-state index contributed by atoms with van der Waals surface area (Å²) in [5.74, 6) is -1.94. The van der Waals surface area contributed by atoms with E-state index >= 15 is 0 Å². The van der Waals surface area contributed by atoms with E-state index in [1.807, 2.05) is 0 Å². The molecule has 0 aliphatic carbocycles. The molecular weight excluding hydrogens is 355 g/mol. The van der Waals surface area contributed by atoms with E-state index in [-0.39, 0.29) is 12.2 Å². The summed E-state index contributed by atoms with van der Waals surface area (Å²) in [6.07, 6.45) is -0.0531. The van der Waals surface area contributed by atoms with Gasteiger partial charge in [-0.05, 0) is 17.7 Å². The van der Waals surface area contributed by atoms with Gasteiger partial charge in [0.1, 0.15) is 10.8 Å². The predicted octanol–water partition coefficient (Wildman–Crippen LogP) is 3.43. The minimum atomic E-state index is -1.14. The first-order valence-electron chi connectivity index (χ1n) is 7.80. The number of nitrogens with zero attached hydrogens (tertiary/aromatic N) is 1. The van der Waals surface area contributed by atoms with Gasteiger partial charge in [0.15, 0.2) is 6.04 Å². The van der Waals surface area contributed by atoms with Crippen molar-refractivity contribution in [1.82, 2.24) is 10.3 Å². The van der Waals surface area contributed by atoms with Crippen LogP contribution in [0.4, 0.5) is 4.39 Å². The second kappa shape index (κ2) is 7.88. The van der Waals surface area contributed by atoms with E-state index in [2.05, 4.69) is 10.3 Å². The second-order valence-corrected chi connectivity index (χ2v) is 6.44. The van der Waals surface area contributed by atoms with E-state index in [1.54, 1.807) is 47.8 Å². The lowest BCUT2D eigenvalue weighted by Gasteiger charge is -2.14. The number of benzene rings is 2. The van der Waals surface area contributed by atoms with Crippen molar-refractivity contribution in [3.05, 3.63) is 77.1 Å². The fraction of sp³-hybridized carbons (Fsp3) is 0.105. The summed E-state index contributed by atoms with van der Waals surface area (Å²) in [6, 6.07) is 13.4. The highest BCUT2D eigenvalue weighted by atomic mass is 32.1. The molecule has 1 atom stereocenters. The largest absolute Gasteiger partial charge is 0.479 e. The Kier molecular flexibility index (Phi) is 5.38. The molecule has 0 radical (unpaired) electrons. The van der Waals surface area contributed by atoms with Crippen LogP contribution in [0.5, 0.6) is 0 Å². The summed E-state index contributed by atoms with van der Waals surface area (Å²) < 4.78 is 13.3. The number of halogens is 1. The van der Waals surface area contributed by atoms with Gasteiger partial charge in [-0.3, -0.25) is 4.79 Å². The summed E-state index contributed by atoms with van der Waals surface area (Å²) in [5, 5.41) is 14.2. The van der Waals surface area contributed by atoms with E-state index in [9.17, 15) is 19.1 Å². The van der Waals surface area contributed by atoms with Crippen LogP contribution in [0.25, 0.3) is 10.6 Å². The number of carboxylic acid groups (broad SMARTS) is 1. The molecule has 0 fully saturated rings. The lowest BCUT2D eigenvalue weighted by molar-refractivity contribution is -0.142. The number of aliphatic carboxylic acids is 1. The maximum atomic E-state index is 13.3. The molecule has 0 saturated carbocycles. The van der Waals surface area contributed by atoms with Crippen molar-refractivity contribution in [2.45, 2.75) is 12.5 Å². The Hall–Kier alpha value is -3.06. The number of amides is 1. The van der Waals surface area contributed by atoms with Gasteiger partial charge in [0, 0.05) is 10.9 Å². The predicted molar refractivity (Wildman–Crippen MR) is 96.2 cm³/mol. The van der Waals surface area contributed by atoms with Crippen molar-refractivity contribution in [3.63, 3.8) is 0 Å². The van der Waals surface area contributed by atoms with Gasteiger partial charge in [-0.2, -0.15) is 0 Å². The Balaban J connectivity index is 1.69. The SMILES string of the molecule is O=C(Cc1csc(-c2cccc(F)c2)n1)N[C@@H](C(=O)O)c1ccccc1. The van der Waals surface area contributed by atoms with Crippen LogP contribution in [0.3, 0.4) is 0 Å². The highest BCUT2D eigenvalue weighted by Crippen LogP contribution is 2.24. The van der Waals surface area contributed by atoms with Crippen LogP contribution in [-0.4, -0.2) is 22.0 Å². The first-order valence-corrected chi connectivity index (χ1v) is 8.68. The van der Waals surface area contributed by atoms with Gasteiger partial charge < -0.3 is 10.4 Å². The van der Waals surface area contributed by atoms with Crippen LogP contribution in [0.2, 0.25) is 0 Å². The lowest BCUT2D eigenvalue weighted by atomic mass is 10.1. The van der Waals surface area contributed by atoms with Crippen molar-refractivity contribution < 1.29 is 19.1 Å². The van der Waals surface area contributed by atoms with Crippen molar-refractivity contribution in [1.29, 1.82) is 0 Å². The van der Waals surface area contributed by atoms with Gasteiger partial charge in [0.2, 0.25) is 5.91 Å². The number of hydrogen-bond acceptors (Lipinski definition) is 4. The van der Waals surface area contributed by atoms with E-state index < -0.39 is 17.9 Å². The normalized spacial score (nSPS) is 11.7. The Labute approximate surface area is 153 Å². The highest BCUT2D eigenvalue weighted by Gasteiger charge is 2.22. The topological polar surface area (TPSA) is 79.3 Å². The van der Waals surface area contributed by atoms with Gasteiger partial charge in [0.05, 0.1) is 12.1 Å². The van der Waals surface area contributed by atoms with Gasteiger partial charge in [0.25, 0.3) is 0 Å². The maximum absolute atomic E-state index is 13.3. The summed E-state index contributed by atoms with van der Waals surface area (Å²) in [7, 11) is 0. The zero-order chi connectivity index (χ0) is 18.5. The summed E-state index contributed by atoms with van der Waals surface area (Å²) in [6.45, 7) is 0. The Morgan fingerprint density at radius 3 is 2.62 bits per heavy atom. The molecule has 2 N–H and O–H groups in total. The number of carbonyl (C=O) groups excluding carboxylic acids is 1. The van der Waals surface area contributed by atoms with E-state index in [0.717, 1.165) is 0 Å². The standard InChI is InChI=1S/C19H15FN2O3S/c20-14-8-4-7-13(9-14)18-21-15(11-26-18)10-16(23)22-17(19(24)25)12-5-2-1-3-6-12/h1-9,11,17H,10H2,(H,22,23)(H,24,25)/t17-/m1/s1. The molecule has 0 aliphatic heterocycles. The molecule has 3 aromatic rings. The Bertz CT molecular complexity index is 927. The first-order chi connectivity index (χ1) is 12.5. The fourth-order valence-corrected chi connectivity index (χ4v) is 3.27. The molecule has 2 aromatic carbocycles. The molecule has 1 amide bonds. The van der Waals surface area contributed by atoms with Gasteiger partial charge in [-0.15, -0.1) is 11.3 Å². The zero-order valence-corrected chi connectivity index (χ0v) is 14.4. The molecule has 0 unspecified atom stereocenters. The number of carboxylic acids is 1. The van der Waals surface area contributed by atoms with Crippen molar-refractivity contribution in [2.75, 3.05) is 0 Å². The number of hydrogen-bond donors (Lipinski definition) is 2. The third-order valence-electron chi connectivity index (χ3n) is 3.65. The molecular formula is C19H15FN2O3S. The third kappa shape index (κ3) is 4.31. The van der Waals surface area contributed by atoms with Crippen LogP contribution in [-0.2, 0) is 16.0 Å². The zero-order valence-electron chi connectivity index (χ0n) is 13.6. The monoisotopic (exact) mass is 370 g/mol. The molecule has 3 rings (SSSR count). The lowest BCUT2D eigenvalue weighted by Crippen LogP contribution is -2.34. The first kappa shape index (κ1) is 17.8. The number of carbonyl (C=O) groups is 2. The highest BCUT2D eigenvalue weighted by molar-refractivity contribution is 7.13. The quantitative estimate of drug-likeness (QED) is 0.697. The molecule has 26 heavy (non-hydrogen) atoms. The molecule has 0 bridgehead atoms.